The highest BCUT2D eigenvalue weighted by Gasteiger charge is 2.44. The van der Waals surface area contributed by atoms with Crippen molar-refractivity contribution in [1.82, 2.24) is 24.5 Å². The molecule has 0 saturated carbocycles. The standard InChI is InChI=1S/C29H41N5O3/c1-19(2)23-11-10-20(3)13-28(36)34-16-21-14-22(25(34)7-6-9-27(35)31-23)17-33(15-21)29(37)24-18-32-12-5-4-8-26(32)30-24/h4-5,8,12,18-23,25H,6-7,9-11,13-17H2,1-3H3,(H,31,35)/t20-,21+,22-,23+,25+/m1/s1. The number of pyridine rings is 1. The van der Waals surface area contributed by atoms with Gasteiger partial charge in [-0.2, -0.15) is 0 Å². The molecule has 5 heterocycles. The molecule has 3 aliphatic rings. The van der Waals surface area contributed by atoms with E-state index in [1.807, 2.05) is 33.7 Å². The number of likely N-dealkylation sites (tertiary alicyclic amines) is 1. The Morgan fingerprint density at radius 2 is 1.95 bits per heavy atom. The van der Waals surface area contributed by atoms with E-state index in [0.29, 0.717) is 44.1 Å². The molecule has 0 aliphatic carbocycles. The Morgan fingerprint density at radius 3 is 2.73 bits per heavy atom. The molecule has 1 N–H and O–H groups in total. The summed E-state index contributed by atoms with van der Waals surface area (Å²) in [6, 6.07) is 5.98. The van der Waals surface area contributed by atoms with Crippen molar-refractivity contribution in [3.8, 4) is 0 Å². The number of fused-ring (bicyclic) bond motifs is 5. The molecule has 5 atom stereocenters. The van der Waals surface area contributed by atoms with E-state index in [1.165, 1.54) is 0 Å². The maximum Gasteiger partial charge on any atom is 0.274 e. The third kappa shape index (κ3) is 5.68. The maximum absolute atomic E-state index is 13.6. The second-order valence-corrected chi connectivity index (χ2v) is 12.0. The Bertz CT molecular complexity index is 1110. The van der Waals surface area contributed by atoms with E-state index in [0.717, 1.165) is 37.8 Å². The Hall–Kier alpha value is -2.90. The van der Waals surface area contributed by atoms with E-state index in [2.05, 4.69) is 36.0 Å². The predicted octanol–water partition coefficient (Wildman–Crippen LogP) is 3.75. The molecule has 0 spiro atoms. The molecule has 8 nitrogen and oxygen atoms in total. The number of aromatic nitrogens is 2. The Kier molecular flexibility index (Phi) is 7.54. The van der Waals surface area contributed by atoms with Crippen LogP contribution in [0.4, 0.5) is 0 Å². The fourth-order valence-electron chi connectivity index (χ4n) is 6.67. The van der Waals surface area contributed by atoms with Crippen LogP contribution in [0.3, 0.4) is 0 Å². The normalized spacial score (nSPS) is 29.8. The zero-order valence-electron chi connectivity index (χ0n) is 22.4. The molecule has 2 bridgehead atoms. The van der Waals surface area contributed by atoms with Gasteiger partial charge in [-0.05, 0) is 67.9 Å². The molecule has 3 fully saturated rings. The lowest BCUT2D eigenvalue weighted by molar-refractivity contribution is -0.141. The minimum absolute atomic E-state index is 0.0319. The summed E-state index contributed by atoms with van der Waals surface area (Å²) >= 11 is 0. The van der Waals surface area contributed by atoms with Crippen molar-refractivity contribution in [1.29, 1.82) is 0 Å². The number of rotatable bonds is 2. The SMILES string of the molecule is CC(C)[C@@H]1CC[C@@H](C)CC(=O)N2C[C@H]3C[C@H](CN(C(=O)c4cn5ccccc5n4)C3)[C@@H]2CCCC(=O)N1. The van der Waals surface area contributed by atoms with Crippen molar-refractivity contribution >= 4 is 23.4 Å². The quantitative estimate of drug-likeness (QED) is 0.671. The Balaban J connectivity index is 1.33. The van der Waals surface area contributed by atoms with E-state index in [9.17, 15) is 14.4 Å². The molecule has 2 aromatic heterocycles. The molecular weight excluding hydrogens is 466 g/mol. The van der Waals surface area contributed by atoms with Gasteiger partial charge in [0, 0.05) is 57.0 Å². The molecule has 3 saturated heterocycles. The number of imidazole rings is 1. The fourth-order valence-corrected chi connectivity index (χ4v) is 6.67. The van der Waals surface area contributed by atoms with Crippen LogP contribution in [-0.2, 0) is 9.59 Å². The van der Waals surface area contributed by atoms with Gasteiger partial charge < -0.3 is 19.5 Å². The van der Waals surface area contributed by atoms with Crippen molar-refractivity contribution in [3.05, 3.63) is 36.3 Å². The highest BCUT2D eigenvalue weighted by Crippen LogP contribution is 2.37. The largest absolute Gasteiger partial charge is 0.353 e. The second kappa shape index (κ2) is 10.8. The van der Waals surface area contributed by atoms with E-state index in [1.54, 1.807) is 6.20 Å². The van der Waals surface area contributed by atoms with Crippen LogP contribution in [0, 0.1) is 23.7 Å². The maximum atomic E-state index is 13.6. The third-order valence-electron chi connectivity index (χ3n) is 8.71. The highest BCUT2D eigenvalue weighted by molar-refractivity contribution is 5.93. The fraction of sp³-hybridized carbons (Fsp3) is 0.655. The van der Waals surface area contributed by atoms with Gasteiger partial charge in [0.15, 0.2) is 0 Å². The van der Waals surface area contributed by atoms with Gasteiger partial charge in [0.1, 0.15) is 11.3 Å². The van der Waals surface area contributed by atoms with Gasteiger partial charge in [-0.1, -0.05) is 26.8 Å². The van der Waals surface area contributed by atoms with Crippen molar-refractivity contribution in [3.63, 3.8) is 0 Å². The lowest BCUT2D eigenvalue weighted by Crippen LogP contribution is -2.60. The summed E-state index contributed by atoms with van der Waals surface area (Å²) < 4.78 is 1.88. The lowest BCUT2D eigenvalue weighted by atomic mass is 9.77. The molecule has 8 heteroatoms. The van der Waals surface area contributed by atoms with E-state index < -0.39 is 0 Å². The number of carbonyl (C=O) groups excluding carboxylic acids is 3. The average molecular weight is 508 g/mol. The summed E-state index contributed by atoms with van der Waals surface area (Å²) in [5.41, 5.74) is 1.24. The molecule has 3 aliphatic heterocycles. The topological polar surface area (TPSA) is 87.0 Å². The van der Waals surface area contributed by atoms with E-state index >= 15 is 0 Å². The van der Waals surface area contributed by atoms with E-state index in [4.69, 9.17) is 0 Å². The molecule has 0 unspecified atom stereocenters. The van der Waals surface area contributed by atoms with Gasteiger partial charge in [0.2, 0.25) is 11.8 Å². The summed E-state index contributed by atoms with van der Waals surface area (Å²) in [6.45, 7) is 8.45. The van der Waals surface area contributed by atoms with Crippen LogP contribution < -0.4 is 5.32 Å². The first-order valence-corrected chi connectivity index (χ1v) is 14.1. The van der Waals surface area contributed by atoms with Crippen LogP contribution in [0.1, 0.15) is 76.2 Å². The van der Waals surface area contributed by atoms with Gasteiger partial charge in [-0.25, -0.2) is 4.98 Å². The number of nitrogens with zero attached hydrogens (tertiary/aromatic N) is 4. The smallest absolute Gasteiger partial charge is 0.274 e. The monoisotopic (exact) mass is 507 g/mol. The number of nitrogens with one attached hydrogen (secondary N) is 1. The molecule has 3 amide bonds. The first-order valence-electron chi connectivity index (χ1n) is 14.1. The minimum Gasteiger partial charge on any atom is -0.353 e. The molecule has 0 aromatic carbocycles. The summed E-state index contributed by atoms with van der Waals surface area (Å²) in [5.74, 6) is 1.48. The van der Waals surface area contributed by atoms with Gasteiger partial charge in [0.05, 0.1) is 0 Å². The Labute approximate surface area is 219 Å². The van der Waals surface area contributed by atoms with Crippen molar-refractivity contribution in [2.24, 2.45) is 23.7 Å². The van der Waals surface area contributed by atoms with Gasteiger partial charge >= 0.3 is 0 Å². The molecular formula is C29H41N5O3. The van der Waals surface area contributed by atoms with Crippen LogP contribution in [0.2, 0.25) is 0 Å². The molecule has 0 radical (unpaired) electrons. The summed E-state index contributed by atoms with van der Waals surface area (Å²) in [6.07, 6.45) is 9.17. The van der Waals surface area contributed by atoms with E-state index in [-0.39, 0.29) is 47.6 Å². The average Bonchev–Trinajstić information content (AvgIpc) is 3.30. The van der Waals surface area contributed by atoms with Crippen LogP contribution in [-0.4, -0.2) is 68.6 Å². The first kappa shape index (κ1) is 25.7. The number of piperidine rings is 2. The molecule has 5 rings (SSSR count). The zero-order chi connectivity index (χ0) is 26.1. The van der Waals surface area contributed by atoms with Crippen molar-refractivity contribution in [2.45, 2.75) is 77.8 Å². The lowest BCUT2D eigenvalue weighted by Gasteiger charge is -2.51. The zero-order valence-corrected chi connectivity index (χ0v) is 22.4. The van der Waals surface area contributed by atoms with Gasteiger partial charge in [0.25, 0.3) is 5.91 Å². The molecule has 37 heavy (non-hydrogen) atoms. The Morgan fingerprint density at radius 1 is 1.11 bits per heavy atom. The van der Waals surface area contributed by atoms with Crippen molar-refractivity contribution < 1.29 is 14.4 Å². The van der Waals surface area contributed by atoms with Crippen LogP contribution in [0.25, 0.3) is 5.65 Å². The third-order valence-corrected chi connectivity index (χ3v) is 8.71. The summed E-state index contributed by atoms with van der Waals surface area (Å²) in [5, 5.41) is 3.25. The highest BCUT2D eigenvalue weighted by atomic mass is 16.2. The minimum atomic E-state index is -0.0319. The van der Waals surface area contributed by atoms with Gasteiger partial charge in [-0.3, -0.25) is 14.4 Å². The van der Waals surface area contributed by atoms with Gasteiger partial charge in [-0.15, -0.1) is 0 Å². The number of amides is 3. The summed E-state index contributed by atoms with van der Waals surface area (Å²) in [4.78, 5) is 48.4. The van der Waals surface area contributed by atoms with Crippen LogP contribution in [0.15, 0.2) is 30.6 Å². The first-order chi connectivity index (χ1) is 17.8. The number of hydrogen-bond acceptors (Lipinski definition) is 4. The van der Waals surface area contributed by atoms with Crippen molar-refractivity contribution in [2.75, 3.05) is 19.6 Å². The summed E-state index contributed by atoms with van der Waals surface area (Å²) in [7, 11) is 0. The van der Waals surface area contributed by atoms with Crippen LogP contribution in [0.5, 0.6) is 0 Å². The predicted molar refractivity (Wildman–Crippen MR) is 142 cm³/mol. The molecule has 2 aromatic rings. The second-order valence-electron chi connectivity index (χ2n) is 12.0. The number of hydrogen-bond donors (Lipinski definition) is 1. The van der Waals surface area contributed by atoms with Crippen LogP contribution >= 0.6 is 0 Å². The molecule has 200 valence electrons. The number of carbonyl (C=O) groups is 3.